The van der Waals surface area contributed by atoms with Crippen molar-refractivity contribution in [3.63, 3.8) is 0 Å². The number of rotatable bonds is 5. The molecule has 0 saturated heterocycles. The van der Waals surface area contributed by atoms with Crippen molar-refractivity contribution in [1.82, 2.24) is 20.1 Å². The van der Waals surface area contributed by atoms with E-state index in [0.717, 1.165) is 23.2 Å². The van der Waals surface area contributed by atoms with Gasteiger partial charge >= 0.3 is 0 Å². The summed E-state index contributed by atoms with van der Waals surface area (Å²) >= 11 is 0. The Bertz CT molecular complexity index is 1440. The summed E-state index contributed by atoms with van der Waals surface area (Å²) < 4.78 is 30.4. The topological polar surface area (TPSA) is 102 Å². The highest BCUT2D eigenvalue weighted by molar-refractivity contribution is 7.92. The fraction of sp³-hybridized carbons (Fsp3) is 0.208. The second kappa shape index (κ2) is 7.87. The Kier molecular flexibility index (Phi) is 5.01. The average molecular weight is 447 g/mol. The number of hydrogen-bond acceptors (Lipinski definition) is 6. The minimum Gasteiger partial charge on any atom is -0.356 e. The molecule has 0 saturated carbocycles. The van der Waals surface area contributed by atoms with Crippen LogP contribution in [0.5, 0.6) is 0 Å². The molecule has 4 aromatic rings. The molecule has 3 heterocycles. The summed E-state index contributed by atoms with van der Waals surface area (Å²) in [6.07, 6.45) is 12.6. The third-order valence-electron chi connectivity index (χ3n) is 5.63. The van der Waals surface area contributed by atoms with Crippen molar-refractivity contribution < 1.29 is 12.9 Å². The first-order chi connectivity index (χ1) is 15.4. The zero-order valence-corrected chi connectivity index (χ0v) is 18.5. The van der Waals surface area contributed by atoms with Crippen molar-refractivity contribution in [3.05, 3.63) is 72.7 Å². The van der Waals surface area contributed by atoms with E-state index in [4.69, 9.17) is 9.51 Å². The van der Waals surface area contributed by atoms with Gasteiger partial charge in [0.05, 0.1) is 33.3 Å². The SMILES string of the molecule is CC(C)S(=O)(=O)c1ccc(-c2cnc3[nH]cc(-c4cc(C5C=CC=CC5)no4)c3n2)cc1. The maximum absolute atomic E-state index is 12.4. The number of fused-ring (bicyclic) bond motifs is 1. The van der Waals surface area contributed by atoms with Gasteiger partial charge in [-0.15, -0.1) is 0 Å². The van der Waals surface area contributed by atoms with Gasteiger partial charge in [0.2, 0.25) is 0 Å². The molecule has 0 spiro atoms. The number of hydrogen-bond donors (Lipinski definition) is 1. The van der Waals surface area contributed by atoms with Crippen LogP contribution in [0.4, 0.5) is 0 Å². The fourth-order valence-electron chi connectivity index (χ4n) is 3.70. The summed E-state index contributed by atoms with van der Waals surface area (Å²) in [6, 6.07) is 8.68. The van der Waals surface area contributed by atoms with E-state index in [0.29, 0.717) is 27.5 Å². The van der Waals surface area contributed by atoms with E-state index in [1.54, 1.807) is 44.3 Å². The van der Waals surface area contributed by atoms with Crippen LogP contribution in [0, 0.1) is 0 Å². The van der Waals surface area contributed by atoms with Crippen LogP contribution in [0.1, 0.15) is 31.9 Å². The Morgan fingerprint density at radius 1 is 1.16 bits per heavy atom. The highest BCUT2D eigenvalue weighted by Gasteiger charge is 2.20. The van der Waals surface area contributed by atoms with Gasteiger partial charge in [-0.2, -0.15) is 0 Å². The summed E-state index contributed by atoms with van der Waals surface area (Å²) in [5, 5.41) is 3.78. The summed E-state index contributed by atoms with van der Waals surface area (Å²) in [6.45, 7) is 3.35. The third kappa shape index (κ3) is 3.56. The summed E-state index contributed by atoms with van der Waals surface area (Å²) in [5.41, 5.74) is 4.39. The Balaban J connectivity index is 1.49. The van der Waals surface area contributed by atoms with Crippen LogP contribution in [0.2, 0.25) is 0 Å². The number of sulfone groups is 1. The number of benzene rings is 1. The van der Waals surface area contributed by atoms with E-state index in [1.165, 1.54) is 0 Å². The quantitative estimate of drug-likeness (QED) is 0.460. The Morgan fingerprint density at radius 3 is 2.69 bits per heavy atom. The number of nitrogens with one attached hydrogen (secondary N) is 1. The van der Waals surface area contributed by atoms with Gasteiger partial charge in [-0.1, -0.05) is 41.6 Å². The molecule has 3 aromatic heterocycles. The highest BCUT2D eigenvalue weighted by Crippen LogP contribution is 2.32. The van der Waals surface area contributed by atoms with Crippen LogP contribution < -0.4 is 0 Å². The van der Waals surface area contributed by atoms with Crippen molar-refractivity contribution in [2.75, 3.05) is 0 Å². The van der Waals surface area contributed by atoms with Gasteiger partial charge in [0.1, 0.15) is 5.52 Å². The number of aromatic amines is 1. The molecule has 1 aliphatic rings. The first-order valence-electron chi connectivity index (χ1n) is 10.4. The average Bonchev–Trinajstić information content (AvgIpc) is 3.46. The maximum Gasteiger partial charge on any atom is 0.180 e. The lowest BCUT2D eigenvalue weighted by Gasteiger charge is -2.08. The molecule has 7 nitrogen and oxygen atoms in total. The van der Waals surface area contributed by atoms with E-state index in [2.05, 4.69) is 27.3 Å². The molecule has 0 radical (unpaired) electrons. The first kappa shape index (κ1) is 20.4. The Hall–Kier alpha value is -3.52. The molecule has 1 aliphatic carbocycles. The molecule has 1 aromatic carbocycles. The fourth-order valence-corrected chi connectivity index (χ4v) is 4.76. The van der Waals surface area contributed by atoms with Crippen molar-refractivity contribution in [2.45, 2.75) is 36.3 Å². The summed E-state index contributed by atoms with van der Waals surface area (Å²) in [5.74, 6) is 0.823. The molecule has 5 rings (SSSR count). The molecule has 0 bridgehead atoms. The minimum absolute atomic E-state index is 0.199. The predicted octanol–water partition coefficient (Wildman–Crippen LogP) is 5.06. The molecule has 0 aliphatic heterocycles. The smallest absolute Gasteiger partial charge is 0.180 e. The Morgan fingerprint density at radius 2 is 1.97 bits per heavy atom. The number of nitrogens with zero attached hydrogens (tertiary/aromatic N) is 3. The standard InChI is InChI=1S/C24H22N4O3S/c1-15(2)32(29,30)18-10-8-17(9-11-18)21-14-26-24-23(27-21)19(13-25-24)22-12-20(28-31-22)16-6-4-3-5-7-16/h3-6,8-16H,7H2,1-2H3,(H,25,26). The number of aromatic nitrogens is 4. The zero-order valence-electron chi connectivity index (χ0n) is 17.7. The van der Waals surface area contributed by atoms with E-state index < -0.39 is 15.1 Å². The highest BCUT2D eigenvalue weighted by atomic mass is 32.2. The van der Waals surface area contributed by atoms with Crippen LogP contribution in [0.25, 0.3) is 33.7 Å². The molecule has 1 atom stereocenters. The Labute approximate surface area is 185 Å². The van der Waals surface area contributed by atoms with Crippen molar-refractivity contribution in [3.8, 4) is 22.6 Å². The molecule has 0 amide bonds. The zero-order chi connectivity index (χ0) is 22.3. The van der Waals surface area contributed by atoms with Crippen LogP contribution in [-0.4, -0.2) is 33.8 Å². The van der Waals surface area contributed by atoms with E-state index in [-0.39, 0.29) is 5.92 Å². The summed E-state index contributed by atoms with van der Waals surface area (Å²) in [4.78, 5) is 12.7. The van der Waals surface area contributed by atoms with Gasteiger partial charge in [0, 0.05) is 23.7 Å². The lowest BCUT2D eigenvalue weighted by atomic mass is 9.97. The van der Waals surface area contributed by atoms with Crippen LogP contribution in [0.3, 0.4) is 0 Å². The third-order valence-corrected chi connectivity index (χ3v) is 7.80. The molecule has 8 heteroatoms. The molecule has 32 heavy (non-hydrogen) atoms. The number of allylic oxidation sites excluding steroid dienone is 4. The van der Waals surface area contributed by atoms with Gasteiger partial charge in [-0.25, -0.2) is 18.4 Å². The molecular formula is C24H22N4O3S. The first-order valence-corrected chi connectivity index (χ1v) is 12.0. The monoisotopic (exact) mass is 446 g/mol. The largest absolute Gasteiger partial charge is 0.356 e. The molecule has 162 valence electrons. The number of H-pyrrole nitrogens is 1. The van der Waals surface area contributed by atoms with Crippen LogP contribution >= 0.6 is 0 Å². The molecule has 1 N–H and O–H groups in total. The van der Waals surface area contributed by atoms with Gasteiger partial charge < -0.3 is 9.51 Å². The van der Waals surface area contributed by atoms with Gasteiger partial charge in [-0.05, 0) is 32.4 Å². The molecule has 0 fully saturated rings. The normalized spacial score (nSPS) is 16.3. The van der Waals surface area contributed by atoms with E-state index in [9.17, 15) is 8.42 Å². The van der Waals surface area contributed by atoms with Crippen LogP contribution in [-0.2, 0) is 9.84 Å². The summed E-state index contributed by atoms with van der Waals surface area (Å²) in [7, 11) is -3.32. The predicted molar refractivity (Wildman–Crippen MR) is 123 cm³/mol. The minimum atomic E-state index is -3.32. The second-order valence-corrected chi connectivity index (χ2v) is 10.5. The van der Waals surface area contributed by atoms with Crippen molar-refractivity contribution in [1.29, 1.82) is 0 Å². The van der Waals surface area contributed by atoms with Gasteiger partial charge in [-0.3, -0.25) is 0 Å². The molecule has 1 unspecified atom stereocenters. The lowest BCUT2D eigenvalue weighted by molar-refractivity contribution is 0.420. The van der Waals surface area contributed by atoms with Gasteiger partial charge in [0.25, 0.3) is 0 Å². The molecular weight excluding hydrogens is 424 g/mol. The lowest BCUT2D eigenvalue weighted by Crippen LogP contribution is -2.13. The van der Waals surface area contributed by atoms with E-state index in [1.807, 2.05) is 24.4 Å². The maximum atomic E-state index is 12.4. The van der Waals surface area contributed by atoms with Crippen molar-refractivity contribution in [2.24, 2.45) is 0 Å². The van der Waals surface area contributed by atoms with E-state index >= 15 is 0 Å². The van der Waals surface area contributed by atoms with Crippen LogP contribution in [0.15, 0.2) is 76.4 Å². The van der Waals surface area contributed by atoms with Gasteiger partial charge in [0.15, 0.2) is 21.2 Å². The van der Waals surface area contributed by atoms with Crippen molar-refractivity contribution >= 4 is 21.0 Å². The second-order valence-electron chi connectivity index (χ2n) is 8.04.